The molecule has 3 aliphatic heterocycles. The van der Waals surface area contributed by atoms with E-state index in [1.165, 1.54) is 12.7 Å². The number of carbonyl (C=O) groups is 2. The standard InChI is InChI=1S/C48H76O14/c1-12-24(2)35(50)21-30-20-34-33(48(53)18-16-32(25(3)49)47(30,48)8)14-13-29-19-31(15-17-46(29,34)7)60-38-22-36(54-9)42(27(5)57-38)61-39-23-37(55-10)43(28(6)58-39)62-45-41(52)44(56-11)40(51)26(4)59-45/h12-13,26-28,30-34,36-45,51-53H,14-23H2,1-11H3/b24-12+/t26?,27?,28?,30-,31-,32+,33?,34?,36?,37?,38?,39?,40?,41?,42?,43?,44?,45?,46-,47+,48-/m0/s1. The van der Waals surface area contributed by atoms with Gasteiger partial charge in [0.1, 0.15) is 36.3 Å². The van der Waals surface area contributed by atoms with E-state index in [0.717, 1.165) is 37.7 Å². The Morgan fingerprint density at radius 3 is 2.02 bits per heavy atom. The summed E-state index contributed by atoms with van der Waals surface area (Å²) in [6.45, 7) is 15.4. The molecule has 0 aromatic heterocycles. The second-order valence-electron chi connectivity index (χ2n) is 20.2. The molecule has 3 saturated heterocycles. The minimum Gasteiger partial charge on any atom is -0.389 e. The third kappa shape index (κ3) is 8.49. The summed E-state index contributed by atoms with van der Waals surface area (Å²) >= 11 is 0. The number of carbonyl (C=O) groups excluding carboxylic acids is 2. The summed E-state index contributed by atoms with van der Waals surface area (Å²) in [7, 11) is 4.70. The molecule has 21 atom stereocenters. The number of fused-ring (bicyclic) bond motifs is 5. The van der Waals surface area contributed by atoms with E-state index in [4.69, 9.17) is 42.6 Å². The van der Waals surface area contributed by atoms with E-state index in [2.05, 4.69) is 19.9 Å². The maximum absolute atomic E-state index is 13.5. The number of allylic oxidation sites excluding steroid dienone is 3. The van der Waals surface area contributed by atoms with E-state index in [0.29, 0.717) is 32.1 Å². The highest BCUT2D eigenvalue weighted by atomic mass is 16.8. The lowest BCUT2D eigenvalue weighted by Crippen LogP contribution is -2.64. The van der Waals surface area contributed by atoms with Crippen molar-refractivity contribution < 1.29 is 67.5 Å². The summed E-state index contributed by atoms with van der Waals surface area (Å²) in [5.41, 5.74) is 0.266. The van der Waals surface area contributed by atoms with Gasteiger partial charge in [-0.3, -0.25) is 9.59 Å². The fraction of sp³-hybridized carbons (Fsp3) is 0.875. The maximum atomic E-state index is 13.5. The fourth-order valence-electron chi connectivity index (χ4n) is 13.3. The highest BCUT2D eigenvalue weighted by Gasteiger charge is 2.70. The minimum atomic E-state index is -1.21. The van der Waals surface area contributed by atoms with Crippen molar-refractivity contribution in [1.82, 2.24) is 0 Å². The molecule has 0 bridgehead atoms. The molecule has 0 radical (unpaired) electrons. The lowest BCUT2D eigenvalue weighted by molar-refractivity contribution is -0.352. The summed E-state index contributed by atoms with van der Waals surface area (Å²) in [4.78, 5) is 26.7. The Hall–Kier alpha value is -1.66. The zero-order valence-electron chi connectivity index (χ0n) is 39.0. The number of aliphatic hydroxyl groups is 3. The summed E-state index contributed by atoms with van der Waals surface area (Å²) in [5, 5.41) is 34.2. The summed E-state index contributed by atoms with van der Waals surface area (Å²) in [6, 6.07) is 0. The van der Waals surface area contributed by atoms with Crippen LogP contribution in [-0.4, -0.2) is 140 Å². The van der Waals surface area contributed by atoms with Crippen LogP contribution in [0.25, 0.3) is 0 Å². The third-order valence-corrected chi connectivity index (χ3v) is 17.2. The molecule has 7 rings (SSSR count). The molecule has 4 aliphatic carbocycles. The maximum Gasteiger partial charge on any atom is 0.187 e. The molecule has 3 heterocycles. The lowest BCUT2D eigenvalue weighted by atomic mass is 9.42. The second kappa shape index (κ2) is 18.9. The van der Waals surface area contributed by atoms with Gasteiger partial charge >= 0.3 is 0 Å². The Labute approximate surface area is 368 Å². The molecule has 0 aromatic carbocycles. The predicted molar refractivity (Wildman–Crippen MR) is 227 cm³/mol. The van der Waals surface area contributed by atoms with Crippen LogP contribution in [0.15, 0.2) is 23.3 Å². The van der Waals surface area contributed by atoms with Crippen molar-refractivity contribution in [1.29, 1.82) is 0 Å². The third-order valence-electron chi connectivity index (χ3n) is 17.2. The number of ether oxygens (including phenoxy) is 9. The van der Waals surface area contributed by atoms with Gasteiger partial charge in [-0.25, -0.2) is 0 Å². The smallest absolute Gasteiger partial charge is 0.187 e. The van der Waals surface area contributed by atoms with Crippen LogP contribution < -0.4 is 0 Å². The Bertz CT molecular complexity index is 1670. The summed E-state index contributed by atoms with van der Waals surface area (Å²) in [5.74, 6) is 0.0884. The van der Waals surface area contributed by atoms with E-state index in [1.807, 2.05) is 33.8 Å². The Balaban J connectivity index is 0.980. The molecule has 3 saturated carbocycles. The van der Waals surface area contributed by atoms with Crippen molar-refractivity contribution in [3.05, 3.63) is 23.3 Å². The molecule has 7 aliphatic rings. The lowest BCUT2D eigenvalue weighted by Gasteiger charge is -2.63. The quantitative estimate of drug-likeness (QED) is 0.159. The fourth-order valence-corrected chi connectivity index (χ4v) is 13.3. The van der Waals surface area contributed by atoms with Crippen molar-refractivity contribution in [3.63, 3.8) is 0 Å². The number of hydrogen-bond acceptors (Lipinski definition) is 14. The van der Waals surface area contributed by atoms with Crippen LogP contribution in [0.3, 0.4) is 0 Å². The molecule has 6 fully saturated rings. The van der Waals surface area contributed by atoms with E-state index in [1.54, 1.807) is 28.1 Å². The van der Waals surface area contributed by atoms with Gasteiger partial charge in [0.25, 0.3) is 0 Å². The van der Waals surface area contributed by atoms with Crippen molar-refractivity contribution >= 4 is 11.6 Å². The number of ketones is 2. The molecule has 14 nitrogen and oxygen atoms in total. The van der Waals surface area contributed by atoms with Crippen LogP contribution in [0.2, 0.25) is 0 Å². The molecule has 3 N–H and O–H groups in total. The van der Waals surface area contributed by atoms with Gasteiger partial charge in [0.05, 0.1) is 42.2 Å². The second-order valence-corrected chi connectivity index (χ2v) is 20.2. The van der Waals surface area contributed by atoms with Crippen LogP contribution in [0.4, 0.5) is 0 Å². The van der Waals surface area contributed by atoms with E-state index >= 15 is 0 Å². The number of aliphatic hydroxyl groups excluding tert-OH is 2. The van der Waals surface area contributed by atoms with Gasteiger partial charge < -0.3 is 58.0 Å². The number of hydrogen-bond donors (Lipinski definition) is 3. The first-order chi connectivity index (χ1) is 29.3. The molecule has 0 amide bonds. The minimum absolute atomic E-state index is 0.0224. The molecule has 15 unspecified atom stereocenters. The average Bonchev–Trinajstić information content (AvgIpc) is 3.53. The SMILES string of the molecule is C/C=C(\C)C(=O)C[C@@H]1CC2C(CC=C3C[C@@H](OC4CC(OC)C(OC5CC(OC)C(OC6OC(C)C(O)C(OC)C6O)C(C)O5)C(C)O4)CC[C@@]32C)[C@@]2(O)CC[C@H](C(C)=O)[C@@]12C. The molecule has 352 valence electrons. The normalized spacial score (nSPS) is 49.6. The van der Waals surface area contributed by atoms with Crippen molar-refractivity contribution in [2.75, 3.05) is 21.3 Å². The van der Waals surface area contributed by atoms with Gasteiger partial charge in [0, 0.05) is 51.9 Å². The molecular weight excluding hydrogens is 801 g/mol. The molecule has 14 heteroatoms. The largest absolute Gasteiger partial charge is 0.389 e. The van der Waals surface area contributed by atoms with Crippen LogP contribution in [0.5, 0.6) is 0 Å². The highest BCUT2D eigenvalue weighted by molar-refractivity contribution is 5.95. The van der Waals surface area contributed by atoms with Crippen molar-refractivity contribution in [2.24, 2.45) is 34.5 Å². The van der Waals surface area contributed by atoms with E-state index in [-0.39, 0.29) is 59.0 Å². The summed E-state index contributed by atoms with van der Waals surface area (Å²) < 4.78 is 55.6. The first-order valence-electron chi connectivity index (χ1n) is 23.3. The first-order valence-corrected chi connectivity index (χ1v) is 23.3. The molecular formula is C48H76O14. The molecule has 0 spiro atoms. The first kappa shape index (κ1) is 48.3. The number of Topliss-reactive ketones (excluding diaryl/α,β-unsaturated/α-hetero) is 2. The van der Waals surface area contributed by atoms with Gasteiger partial charge in [-0.2, -0.15) is 0 Å². The summed E-state index contributed by atoms with van der Waals surface area (Å²) in [6.07, 6.45) is 2.02. The number of rotatable bonds is 13. The van der Waals surface area contributed by atoms with Crippen LogP contribution in [0, 0.1) is 34.5 Å². The van der Waals surface area contributed by atoms with E-state index < -0.39 is 78.7 Å². The van der Waals surface area contributed by atoms with Crippen LogP contribution in [-0.2, 0) is 52.2 Å². The van der Waals surface area contributed by atoms with Crippen LogP contribution in [0.1, 0.15) is 120 Å². The Morgan fingerprint density at radius 2 is 1.42 bits per heavy atom. The highest BCUT2D eigenvalue weighted by Crippen LogP contribution is 2.70. The van der Waals surface area contributed by atoms with E-state index in [9.17, 15) is 24.9 Å². The number of methoxy groups -OCH3 is 3. The zero-order valence-corrected chi connectivity index (χ0v) is 39.0. The van der Waals surface area contributed by atoms with Gasteiger partial charge in [0.15, 0.2) is 24.7 Å². The Kier molecular flexibility index (Phi) is 14.7. The van der Waals surface area contributed by atoms with Gasteiger partial charge in [-0.1, -0.05) is 31.6 Å². The molecule has 0 aromatic rings. The topological polar surface area (TPSA) is 178 Å². The average molecular weight is 877 g/mol. The van der Waals surface area contributed by atoms with Crippen LogP contribution >= 0.6 is 0 Å². The van der Waals surface area contributed by atoms with Crippen molar-refractivity contribution in [2.45, 2.75) is 211 Å². The monoisotopic (exact) mass is 877 g/mol. The Morgan fingerprint density at radius 1 is 0.790 bits per heavy atom. The predicted octanol–water partition coefficient (Wildman–Crippen LogP) is 5.36. The van der Waals surface area contributed by atoms with Gasteiger partial charge in [0.2, 0.25) is 0 Å². The van der Waals surface area contributed by atoms with Crippen molar-refractivity contribution in [3.8, 4) is 0 Å². The zero-order chi connectivity index (χ0) is 45.1. The molecule has 62 heavy (non-hydrogen) atoms. The van der Waals surface area contributed by atoms with Gasteiger partial charge in [-0.05, 0) is 115 Å². The van der Waals surface area contributed by atoms with Gasteiger partial charge in [-0.15, -0.1) is 0 Å².